The van der Waals surface area contributed by atoms with Gasteiger partial charge in [0.25, 0.3) is 0 Å². The Morgan fingerprint density at radius 2 is 1.89 bits per heavy atom. The highest BCUT2D eigenvalue weighted by atomic mass is 16.6. The number of allylic oxidation sites excluding steroid dienone is 1. The van der Waals surface area contributed by atoms with Crippen molar-refractivity contribution in [2.75, 3.05) is 0 Å². The molecule has 0 aromatic carbocycles. The summed E-state index contributed by atoms with van der Waals surface area (Å²) in [5.41, 5.74) is 1.34. The summed E-state index contributed by atoms with van der Waals surface area (Å²) in [5, 5.41) is 11.8. The average molecular weight is 511 g/mol. The fourth-order valence-electron chi connectivity index (χ4n) is 9.09. The van der Waals surface area contributed by atoms with Crippen molar-refractivity contribution in [3.63, 3.8) is 0 Å². The average Bonchev–Trinajstić information content (AvgIpc) is 3.57. The second-order valence-electron chi connectivity index (χ2n) is 12.8. The van der Waals surface area contributed by atoms with Crippen LogP contribution in [0.4, 0.5) is 0 Å². The number of carbonyl (C=O) groups is 3. The molecule has 10 atom stereocenters. The smallest absolute Gasteiger partial charge is 0.334 e. The molecule has 1 unspecified atom stereocenters. The van der Waals surface area contributed by atoms with Crippen molar-refractivity contribution >= 4 is 17.7 Å². The van der Waals surface area contributed by atoms with E-state index in [2.05, 4.69) is 6.92 Å². The number of hydrogen-bond acceptors (Lipinski definition) is 7. The number of ketones is 1. The van der Waals surface area contributed by atoms with Crippen molar-refractivity contribution in [2.45, 2.75) is 104 Å². The lowest BCUT2D eigenvalue weighted by Gasteiger charge is -2.59. The summed E-state index contributed by atoms with van der Waals surface area (Å²) in [4.78, 5) is 38.2. The van der Waals surface area contributed by atoms with Crippen molar-refractivity contribution in [3.8, 4) is 0 Å². The zero-order valence-corrected chi connectivity index (χ0v) is 22.6. The fourth-order valence-corrected chi connectivity index (χ4v) is 9.09. The zero-order valence-electron chi connectivity index (χ0n) is 22.6. The molecular weight excluding hydrogens is 472 g/mol. The minimum Gasteiger partial charge on any atom is -0.458 e. The normalized spacial score (nSPS) is 49.4. The second kappa shape index (κ2) is 7.89. The van der Waals surface area contributed by atoms with E-state index >= 15 is 0 Å². The first kappa shape index (κ1) is 25.1. The van der Waals surface area contributed by atoms with Gasteiger partial charge in [0.1, 0.15) is 23.9 Å². The molecule has 1 N–H and O–H groups in total. The fraction of sp³-hybridized carbons (Fsp3) is 0.700. The van der Waals surface area contributed by atoms with E-state index in [4.69, 9.17) is 14.2 Å². The molecule has 1 saturated heterocycles. The first-order valence-electron chi connectivity index (χ1n) is 13.7. The zero-order chi connectivity index (χ0) is 26.7. The van der Waals surface area contributed by atoms with Crippen LogP contribution in [0.25, 0.3) is 0 Å². The van der Waals surface area contributed by atoms with Gasteiger partial charge < -0.3 is 19.3 Å². The Bertz CT molecular complexity index is 1190. The van der Waals surface area contributed by atoms with Gasteiger partial charge in [-0.25, -0.2) is 4.79 Å². The topological polar surface area (TPSA) is 102 Å². The van der Waals surface area contributed by atoms with E-state index in [1.807, 2.05) is 20.8 Å². The maximum absolute atomic E-state index is 13.4. The van der Waals surface area contributed by atoms with E-state index in [9.17, 15) is 19.5 Å². The third-order valence-corrected chi connectivity index (χ3v) is 11.3. The van der Waals surface area contributed by atoms with Gasteiger partial charge in [-0.3, -0.25) is 9.59 Å². The highest BCUT2D eigenvalue weighted by Crippen LogP contribution is 2.71. The van der Waals surface area contributed by atoms with Gasteiger partial charge in [-0.05, 0) is 93.8 Å². The third kappa shape index (κ3) is 3.16. The van der Waals surface area contributed by atoms with Crippen molar-refractivity contribution in [3.05, 3.63) is 34.4 Å². The Morgan fingerprint density at radius 3 is 2.57 bits per heavy atom. The summed E-state index contributed by atoms with van der Waals surface area (Å²) in [6.07, 6.45) is 5.45. The number of ether oxygens (including phenoxy) is 3. The largest absolute Gasteiger partial charge is 0.458 e. The van der Waals surface area contributed by atoms with Crippen LogP contribution in [0.3, 0.4) is 0 Å². The molecule has 2 aliphatic heterocycles. The van der Waals surface area contributed by atoms with Crippen molar-refractivity contribution in [1.29, 1.82) is 0 Å². The molecule has 6 aliphatic rings. The molecule has 2 heterocycles. The SMILES string of the molecule is CC(=O)O[C@H]1C[C@H]2[C@@H]3[C@@H]4O[C@@H]4[C@@]4(O)CC=CC(=O)[C@]4(C)[C@H]3CC[C@]2(C)/C1=C(\C)C1CC(C)=C(C)C(=O)O1. The molecule has 0 aromatic rings. The summed E-state index contributed by atoms with van der Waals surface area (Å²) in [6, 6.07) is 0. The predicted octanol–water partition coefficient (Wildman–Crippen LogP) is 3.99. The Hall–Kier alpha value is -2.25. The number of aliphatic hydroxyl groups is 1. The third-order valence-electron chi connectivity index (χ3n) is 11.3. The Kier molecular flexibility index (Phi) is 5.34. The lowest BCUT2D eigenvalue weighted by Crippen LogP contribution is -2.67. The maximum atomic E-state index is 13.4. The molecule has 200 valence electrons. The van der Waals surface area contributed by atoms with Gasteiger partial charge in [-0.15, -0.1) is 0 Å². The Morgan fingerprint density at radius 1 is 1.16 bits per heavy atom. The number of cyclic esters (lactones) is 1. The van der Waals surface area contributed by atoms with E-state index in [0.29, 0.717) is 24.8 Å². The van der Waals surface area contributed by atoms with Crippen LogP contribution in [-0.2, 0) is 28.6 Å². The summed E-state index contributed by atoms with van der Waals surface area (Å²) < 4.78 is 18.0. The van der Waals surface area contributed by atoms with Crippen LogP contribution >= 0.6 is 0 Å². The van der Waals surface area contributed by atoms with Gasteiger partial charge in [-0.1, -0.05) is 18.6 Å². The molecule has 0 radical (unpaired) electrons. The standard InChI is InChI=1S/C30H38O7/c1-14-12-20(36-27(33)15(14)2)16(3)24-21(35-17(4)31)13-19-23-18(9-11-28(19,24)5)29(6)22(32)8-7-10-30(29,34)26-25(23)37-26/h7-8,18-21,23,25-26,34H,9-13H2,1-6H3/b24-16+/t18-,19-,20?,21-,23+,25-,26-,28-,29-,30-/m0/s1. The summed E-state index contributed by atoms with van der Waals surface area (Å²) in [5.74, 6) is -0.464. The molecule has 6 rings (SSSR count). The molecule has 0 bridgehead atoms. The number of fused-ring (bicyclic) bond motifs is 8. The number of rotatable bonds is 2. The van der Waals surface area contributed by atoms with Crippen LogP contribution < -0.4 is 0 Å². The molecule has 0 spiro atoms. The first-order valence-corrected chi connectivity index (χ1v) is 13.7. The van der Waals surface area contributed by atoms with E-state index < -0.39 is 17.1 Å². The molecule has 7 heteroatoms. The van der Waals surface area contributed by atoms with Crippen LogP contribution in [-0.4, -0.2) is 52.8 Å². The maximum Gasteiger partial charge on any atom is 0.334 e. The van der Waals surface area contributed by atoms with Gasteiger partial charge in [0.15, 0.2) is 5.78 Å². The molecule has 7 nitrogen and oxygen atoms in total. The molecular formula is C30H38O7. The van der Waals surface area contributed by atoms with Crippen LogP contribution in [0.15, 0.2) is 34.4 Å². The minimum absolute atomic E-state index is 0.0120. The van der Waals surface area contributed by atoms with Crippen molar-refractivity contribution in [1.82, 2.24) is 0 Å². The van der Waals surface area contributed by atoms with Crippen LogP contribution in [0.2, 0.25) is 0 Å². The number of epoxide rings is 1. The summed E-state index contributed by atoms with van der Waals surface area (Å²) >= 11 is 0. The first-order chi connectivity index (χ1) is 17.3. The van der Waals surface area contributed by atoms with Crippen LogP contribution in [0.5, 0.6) is 0 Å². The van der Waals surface area contributed by atoms with E-state index in [0.717, 1.165) is 29.6 Å². The molecule has 4 fully saturated rings. The molecule has 0 aromatic heterocycles. The summed E-state index contributed by atoms with van der Waals surface area (Å²) in [6.45, 7) is 11.4. The van der Waals surface area contributed by atoms with Crippen LogP contribution in [0, 0.1) is 28.6 Å². The predicted molar refractivity (Wildman–Crippen MR) is 134 cm³/mol. The van der Waals surface area contributed by atoms with Gasteiger partial charge in [-0.2, -0.15) is 0 Å². The number of esters is 2. The van der Waals surface area contributed by atoms with Crippen LogP contribution in [0.1, 0.15) is 73.6 Å². The lowest BCUT2D eigenvalue weighted by molar-refractivity contribution is -0.178. The minimum atomic E-state index is -1.18. The quantitative estimate of drug-likeness (QED) is 0.340. The number of carbonyl (C=O) groups excluding carboxylic acids is 3. The van der Waals surface area contributed by atoms with Gasteiger partial charge in [0, 0.05) is 18.9 Å². The van der Waals surface area contributed by atoms with Crippen molar-refractivity contribution in [2.24, 2.45) is 28.6 Å². The summed E-state index contributed by atoms with van der Waals surface area (Å²) in [7, 11) is 0. The van der Waals surface area contributed by atoms with Gasteiger partial charge in [0.2, 0.25) is 0 Å². The second-order valence-corrected chi connectivity index (χ2v) is 12.8. The molecule has 4 aliphatic carbocycles. The monoisotopic (exact) mass is 510 g/mol. The van der Waals surface area contributed by atoms with Gasteiger partial charge in [0.05, 0.1) is 11.5 Å². The Labute approximate surface area is 218 Å². The highest BCUT2D eigenvalue weighted by Gasteiger charge is 2.77. The Balaban J connectivity index is 1.43. The van der Waals surface area contributed by atoms with Crippen molar-refractivity contribution < 1.29 is 33.7 Å². The lowest BCUT2D eigenvalue weighted by atomic mass is 9.44. The van der Waals surface area contributed by atoms with E-state index in [1.54, 1.807) is 19.1 Å². The number of hydrogen-bond donors (Lipinski definition) is 1. The highest BCUT2D eigenvalue weighted by molar-refractivity contribution is 5.97. The van der Waals surface area contributed by atoms with Gasteiger partial charge >= 0.3 is 11.9 Å². The molecule has 37 heavy (non-hydrogen) atoms. The van der Waals surface area contributed by atoms with E-state index in [-0.39, 0.29) is 59.2 Å². The van der Waals surface area contributed by atoms with E-state index in [1.165, 1.54) is 6.92 Å². The molecule has 0 amide bonds. The molecule has 3 saturated carbocycles.